The summed E-state index contributed by atoms with van der Waals surface area (Å²) in [6.07, 6.45) is -5.90. The van der Waals surface area contributed by atoms with Gasteiger partial charge in [0.1, 0.15) is 18.1 Å². The van der Waals surface area contributed by atoms with E-state index in [2.05, 4.69) is 21.3 Å². The second-order valence-corrected chi connectivity index (χ2v) is 11.5. The highest BCUT2D eigenvalue weighted by Gasteiger charge is 2.31. The van der Waals surface area contributed by atoms with Gasteiger partial charge in [0, 0.05) is 24.0 Å². The van der Waals surface area contributed by atoms with Crippen molar-refractivity contribution >= 4 is 47.4 Å². The third kappa shape index (κ3) is 15.5. The van der Waals surface area contributed by atoms with Crippen LogP contribution in [-0.2, 0) is 30.3 Å². The fourth-order valence-corrected chi connectivity index (χ4v) is 4.21. The molecule has 1 aromatic carbocycles. The van der Waals surface area contributed by atoms with Crippen molar-refractivity contribution in [2.45, 2.75) is 84.4 Å². The Labute approximate surface area is 264 Å². The number of alkyl halides is 2. The SMILES string of the molecule is CC(C)COC(=O)N[C@@H](CCC(=O)[O-])C(=O)N[C@@H](CC(C)C)C(=O)N[C@@H](CC(F)F)C(=O)NCCc1ccc(C(=O)[O-])cc1Cl. The molecule has 0 aliphatic heterocycles. The second kappa shape index (κ2) is 19.4. The summed E-state index contributed by atoms with van der Waals surface area (Å²) in [6.45, 7) is 6.92. The molecule has 3 atom stereocenters. The summed E-state index contributed by atoms with van der Waals surface area (Å²) in [5.41, 5.74) is 0.314. The van der Waals surface area contributed by atoms with Crippen LogP contribution in [0.4, 0.5) is 13.6 Å². The molecule has 45 heavy (non-hydrogen) atoms. The van der Waals surface area contributed by atoms with Crippen LogP contribution in [0.25, 0.3) is 0 Å². The zero-order valence-corrected chi connectivity index (χ0v) is 26.2. The van der Waals surface area contributed by atoms with E-state index < -0.39 is 79.6 Å². The van der Waals surface area contributed by atoms with Gasteiger partial charge in [-0.1, -0.05) is 51.4 Å². The van der Waals surface area contributed by atoms with Crippen molar-refractivity contribution in [1.29, 1.82) is 0 Å². The number of carboxylic acids is 2. The van der Waals surface area contributed by atoms with Crippen LogP contribution in [-0.4, -0.2) is 73.5 Å². The summed E-state index contributed by atoms with van der Waals surface area (Å²) in [7, 11) is 0. The Morgan fingerprint density at radius 1 is 0.844 bits per heavy atom. The highest BCUT2D eigenvalue weighted by molar-refractivity contribution is 6.31. The van der Waals surface area contributed by atoms with E-state index in [1.165, 1.54) is 18.2 Å². The molecule has 0 unspecified atom stereocenters. The summed E-state index contributed by atoms with van der Waals surface area (Å²) in [5, 5.41) is 31.4. The maximum Gasteiger partial charge on any atom is 0.407 e. The van der Waals surface area contributed by atoms with Gasteiger partial charge in [0.15, 0.2) is 0 Å². The standard InChI is InChI=1S/C29H41ClF2N4O9/c1-15(2)11-21(34-26(40)20(7-8-24(37)38)36-29(44)45-14-16(3)4)27(41)35-22(13-23(31)32)25(39)33-10-9-17-5-6-18(28(42)43)12-19(17)30/h5-6,12,15-16,20-23H,7-11,13-14H2,1-4H3,(H,33,39)(H,34,40)(H,35,41)(H,36,44)(H,37,38)(H,42,43)/p-2/t20-,21-,22-/m0/s1. The van der Waals surface area contributed by atoms with Gasteiger partial charge in [-0.05, 0) is 54.7 Å². The van der Waals surface area contributed by atoms with E-state index in [1.807, 2.05) is 0 Å². The Hall–Kier alpha value is -4.01. The number of rotatable bonds is 19. The lowest BCUT2D eigenvalue weighted by Crippen LogP contribution is -2.57. The zero-order chi connectivity index (χ0) is 34.3. The molecule has 0 aliphatic rings. The van der Waals surface area contributed by atoms with Gasteiger partial charge in [0.05, 0.1) is 12.6 Å². The number of aromatic carboxylic acids is 1. The molecule has 4 N–H and O–H groups in total. The molecule has 13 nitrogen and oxygen atoms in total. The Bertz CT molecular complexity index is 1200. The molecule has 252 valence electrons. The molecule has 16 heteroatoms. The first-order valence-electron chi connectivity index (χ1n) is 14.3. The molecule has 0 saturated heterocycles. The molecule has 1 aromatic rings. The fourth-order valence-electron chi connectivity index (χ4n) is 3.94. The van der Waals surface area contributed by atoms with Gasteiger partial charge >= 0.3 is 6.09 Å². The lowest BCUT2D eigenvalue weighted by molar-refractivity contribution is -0.305. The molecule has 0 fully saturated rings. The second-order valence-electron chi connectivity index (χ2n) is 11.1. The van der Waals surface area contributed by atoms with Crippen LogP contribution < -0.4 is 31.5 Å². The van der Waals surface area contributed by atoms with Gasteiger partial charge in [0.25, 0.3) is 0 Å². The normalized spacial score (nSPS) is 13.1. The predicted octanol–water partition coefficient (Wildman–Crippen LogP) is 0.314. The van der Waals surface area contributed by atoms with Gasteiger partial charge in [-0.2, -0.15) is 0 Å². The minimum atomic E-state index is -2.99. The van der Waals surface area contributed by atoms with Gasteiger partial charge in [-0.15, -0.1) is 0 Å². The van der Waals surface area contributed by atoms with Gasteiger partial charge in [-0.25, -0.2) is 13.6 Å². The van der Waals surface area contributed by atoms with Crippen LogP contribution in [0.15, 0.2) is 18.2 Å². The van der Waals surface area contributed by atoms with E-state index in [0.717, 1.165) is 0 Å². The van der Waals surface area contributed by atoms with E-state index in [0.29, 0.717) is 5.56 Å². The minimum absolute atomic E-state index is 0.00590. The average Bonchev–Trinajstić information content (AvgIpc) is 2.93. The topological polar surface area (TPSA) is 206 Å². The number of alkyl carbamates (subject to hydrolysis) is 1. The number of carboxylic acid groups (broad SMARTS) is 2. The zero-order valence-electron chi connectivity index (χ0n) is 25.5. The Morgan fingerprint density at radius 2 is 1.44 bits per heavy atom. The highest BCUT2D eigenvalue weighted by Crippen LogP contribution is 2.18. The largest absolute Gasteiger partial charge is 0.550 e. The van der Waals surface area contributed by atoms with E-state index in [4.69, 9.17) is 16.3 Å². The number of benzene rings is 1. The van der Waals surface area contributed by atoms with E-state index in [9.17, 15) is 47.8 Å². The van der Waals surface area contributed by atoms with Crippen LogP contribution in [0.1, 0.15) is 69.3 Å². The molecule has 0 aliphatic carbocycles. The van der Waals surface area contributed by atoms with Crippen LogP contribution in [0.5, 0.6) is 0 Å². The maximum absolute atomic E-state index is 13.4. The van der Waals surface area contributed by atoms with Crippen molar-refractivity contribution in [3.8, 4) is 0 Å². The minimum Gasteiger partial charge on any atom is -0.550 e. The van der Waals surface area contributed by atoms with Crippen LogP contribution in [0.2, 0.25) is 5.02 Å². The summed E-state index contributed by atoms with van der Waals surface area (Å²) >= 11 is 6.06. The molecule has 1 rings (SSSR count). The number of carbonyl (C=O) groups excluding carboxylic acids is 6. The summed E-state index contributed by atoms with van der Waals surface area (Å²) < 4.78 is 31.7. The summed E-state index contributed by atoms with van der Waals surface area (Å²) in [5.74, 6) is -5.98. The number of nitrogens with one attached hydrogen (secondary N) is 4. The number of hydrogen-bond acceptors (Lipinski definition) is 9. The lowest BCUT2D eigenvalue weighted by Gasteiger charge is -2.26. The Morgan fingerprint density at radius 3 is 1.96 bits per heavy atom. The van der Waals surface area contributed by atoms with Crippen molar-refractivity contribution < 1.29 is 52.5 Å². The quantitative estimate of drug-likeness (QED) is 0.161. The van der Waals surface area contributed by atoms with E-state index >= 15 is 0 Å². The molecule has 0 aromatic heterocycles. The molecule has 0 spiro atoms. The number of carbonyl (C=O) groups is 6. The molecule has 0 radical (unpaired) electrons. The number of amides is 4. The molecular formula is C29H39ClF2N4O9-2. The highest BCUT2D eigenvalue weighted by atomic mass is 35.5. The molecule has 0 bridgehead atoms. The van der Waals surface area contributed by atoms with Crippen molar-refractivity contribution in [2.24, 2.45) is 11.8 Å². The van der Waals surface area contributed by atoms with Gasteiger partial charge < -0.3 is 45.8 Å². The van der Waals surface area contributed by atoms with Crippen molar-refractivity contribution in [3.63, 3.8) is 0 Å². The molecular weight excluding hydrogens is 622 g/mol. The molecule has 0 heterocycles. The van der Waals surface area contributed by atoms with E-state index in [-0.39, 0.29) is 48.4 Å². The Balaban J connectivity index is 3.00. The monoisotopic (exact) mass is 660 g/mol. The number of hydrogen-bond donors (Lipinski definition) is 4. The van der Waals surface area contributed by atoms with Crippen molar-refractivity contribution in [3.05, 3.63) is 34.3 Å². The van der Waals surface area contributed by atoms with Crippen LogP contribution in [0, 0.1) is 11.8 Å². The smallest absolute Gasteiger partial charge is 0.407 e. The predicted molar refractivity (Wildman–Crippen MR) is 154 cm³/mol. The van der Waals surface area contributed by atoms with Crippen molar-refractivity contribution in [1.82, 2.24) is 21.3 Å². The maximum atomic E-state index is 13.4. The Kier molecular flexibility index (Phi) is 16.8. The third-order valence-corrected chi connectivity index (χ3v) is 6.51. The van der Waals surface area contributed by atoms with Crippen molar-refractivity contribution in [2.75, 3.05) is 13.2 Å². The first kappa shape index (κ1) is 39.0. The first-order valence-corrected chi connectivity index (χ1v) is 14.7. The van der Waals surface area contributed by atoms with Gasteiger partial charge in [0.2, 0.25) is 24.1 Å². The van der Waals surface area contributed by atoms with Gasteiger partial charge in [-0.3, -0.25) is 14.4 Å². The number of halogens is 3. The molecule has 4 amide bonds. The third-order valence-electron chi connectivity index (χ3n) is 6.16. The first-order chi connectivity index (χ1) is 21.0. The number of ether oxygens (including phenoxy) is 1. The van der Waals surface area contributed by atoms with E-state index in [1.54, 1.807) is 27.7 Å². The number of aliphatic carboxylic acids is 1. The van der Waals surface area contributed by atoms with Crippen LogP contribution in [0.3, 0.4) is 0 Å². The summed E-state index contributed by atoms with van der Waals surface area (Å²) in [6, 6.07) is -0.629. The fraction of sp³-hybridized carbons (Fsp3) is 0.586. The molecule has 0 saturated carbocycles. The summed E-state index contributed by atoms with van der Waals surface area (Å²) in [4.78, 5) is 73.2. The lowest BCUT2D eigenvalue weighted by atomic mass is 10.0. The van der Waals surface area contributed by atoms with Crippen LogP contribution >= 0.6 is 11.6 Å². The average molecular weight is 661 g/mol.